The van der Waals surface area contributed by atoms with Crippen molar-refractivity contribution in [1.29, 1.82) is 0 Å². The Balaban J connectivity index is 1.78. The number of hydrogen-bond donors (Lipinski definition) is 3. The SMILES string of the molecule is CCCCn1cnc2sc(C(=O)Nc3ccc(C(=O)NCC(=O)O)cc3)c(C)c2c1=O. The van der Waals surface area contributed by atoms with E-state index in [0.29, 0.717) is 32.9 Å². The van der Waals surface area contributed by atoms with E-state index in [1.807, 2.05) is 6.92 Å². The topological polar surface area (TPSA) is 130 Å². The maximum Gasteiger partial charge on any atom is 0.322 e. The number of aliphatic carboxylic acids is 1. The third kappa shape index (κ3) is 4.97. The number of aromatic nitrogens is 2. The van der Waals surface area contributed by atoms with Gasteiger partial charge in [-0.2, -0.15) is 0 Å². The molecule has 2 heterocycles. The Bertz CT molecular complexity index is 1200. The van der Waals surface area contributed by atoms with E-state index in [1.165, 1.54) is 18.5 Å². The Labute approximate surface area is 181 Å². The van der Waals surface area contributed by atoms with Gasteiger partial charge >= 0.3 is 5.97 Å². The second kappa shape index (κ2) is 9.52. The molecule has 1 aromatic carbocycles. The number of benzene rings is 1. The largest absolute Gasteiger partial charge is 0.480 e. The van der Waals surface area contributed by atoms with Gasteiger partial charge in [0.1, 0.15) is 11.4 Å². The van der Waals surface area contributed by atoms with E-state index in [1.54, 1.807) is 23.6 Å². The fourth-order valence-corrected chi connectivity index (χ4v) is 4.05. The van der Waals surface area contributed by atoms with E-state index < -0.39 is 18.4 Å². The number of fused-ring (bicyclic) bond motifs is 1. The second-order valence-corrected chi connectivity index (χ2v) is 7.94. The smallest absolute Gasteiger partial charge is 0.322 e. The van der Waals surface area contributed by atoms with Gasteiger partial charge in [-0.25, -0.2) is 4.98 Å². The minimum Gasteiger partial charge on any atom is -0.480 e. The van der Waals surface area contributed by atoms with Gasteiger partial charge in [-0.15, -0.1) is 11.3 Å². The summed E-state index contributed by atoms with van der Waals surface area (Å²) in [5.74, 6) is -2.03. The molecule has 162 valence electrons. The average Bonchev–Trinajstić information content (AvgIpc) is 3.09. The Kier molecular flexibility index (Phi) is 6.81. The van der Waals surface area contributed by atoms with Crippen molar-refractivity contribution in [3.8, 4) is 0 Å². The van der Waals surface area contributed by atoms with Gasteiger partial charge in [-0.05, 0) is 43.2 Å². The molecule has 2 aromatic heterocycles. The van der Waals surface area contributed by atoms with Crippen LogP contribution in [0.1, 0.15) is 45.4 Å². The molecule has 0 aliphatic heterocycles. The fourth-order valence-electron chi connectivity index (χ4n) is 3.01. The van der Waals surface area contributed by atoms with Crippen molar-refractivity contribution in [2.45, 2.75) is 33.2 Å². The minimum absolute atomic E-state index is 0.150. The van der Waals surface area contributed by atoms with E-state index in [0.717, 1.165) is 24.2 Å². The highest BCUT2D eigenvalue weighted by molar-refractivity contribution is 7.20. The van der Waals surface area contributed by atoms with Gasteiger partial charge in [0.05, 0.1) is 16.6 Å². The molecule has 0 aliphatic rings. The second-order valence-electron chi connectivity index (χ2n) is 6.94. The third-order valence-electron chi connectivity index (χ3n) is 4.68. The molecule has 0 fully saturated rings. The molecule has 2 amide bonds. The van der Waals surface area contributed by atoms with Crippen LogP contribution in [0.15, 0.2) is 35.4 Å². The highest BCUT2D eigenvalue weighted by Crippen LogP contribution is 2.27. The predicted molar refractivity (Wildman–Crippen MR) is 118 cm³/mol. The maximum absolute atomic E-state index is 12.8. The standard InChI is InChI=1S/C21H22N4O5S/c1-3-4-9-25-11-23-20-16(21(25)30)12(2)17(31-20)19(29)24-14-7-5-13(6-8-14)18(28)22-10-15(26)27/h5-8,11H,3-4,9-10H2,1-2H3,(H,22,28)(H,24,29)(H,26,27). The van der Waals surface area contributed by atoms with E-state index >= 15 is 0 Å². The molecular weight excluding hydrogens is 420 g/mol. The number of carboxylic acids is 1. The van der Waals surface area contributed by atoms with Gasteiger partial charge in [0.2, 0.25) is 0 Å². The van der Waals surface area contributed by atoms with Gasteiger partial charge in [0, 0.05) is 17.8 Å². The number of amides is 2. The van der Waals surface area contributed by atoms with Crippen molar-refractivity contribution in [2.75, 3.05) is 11.9 Å². The van der Waals surface area contributed by atoms with Gasteiger partial charge in [0.15, 0.2) is 0 Å². The van der Waals surface area contributed by atoms with Crippen molar-refractivity contribution in [2.24, 2.45) is 0 Å². The van der Waals surface area contributed by atoms with E-state index in [9.17, 15) is 19.2 Å². The first kappa shape index (κ1) is 22.2. The molecule has 0 saturated heterocycles. The zero-order valence-electron chi connectivity index (χ0n) is 17.1. The number of carboxylic acid groups (broad SMARTS) is 1. The van der Waals surface area contributed by atoms with Crippen LogP contribution < -0.4 is 16.2 Å². The molecule has 0 unspecified atom stereocenters. The summed E-state index contributed by atoms with van der Waals surface area (Å²) in [6, 6.07) is 6.06. The van der Waals surface area contributed by atoms with E-state index in [2.05, 4.69) is 15.6 Å². The summed E-state index contributed by atoms with van der Waals surface area (Å²) in [6.45, 7) is 3.89. The molecular formula is C21H22N4O5S. The first-order valence-electron chi connectivity index (χ1n) is 9.71. The van der Waals surface area contributed by atoms with Crippen molar-refractivity contribution < 1.29 is 19.5 Å². The molecule has 0 atom stereocenters. The summed E-state index contributed by atoms with van der Waals surface area (Å²) in [6.07, 6.45) is 3.35. The highest BCUT2D eigenvalue weighted by atomic mass is 32.1. The lowest BCUT2D eigenvalue weighted by molar-refractivity contribution is -0.135. The highest BCUT2D eigenvalue weighted by Gasteiger charge is 2.19. The van der Waals surface area contributed by atoms with Gasteiger partial charge in [0.25, 0.3) is 17.4 Å². The number of carbonyl (C=O) groups is 3. The van der Waals surface area contributed by atoms with Crippen LogP contribution in [0.4, 0.5) is 5.69 Å². The number of nitrogens with zero attached hydrogens (tertiary/aromatic N) is 2. The lowest BCUT2D eigenvalue weighted by Gasteiger charge is -2.06. The van der Waals surface area contributed by atoms with Crippen LogP contribution in [0.3, 0.4) is 0 Å². The molecule has 3 N–H and O–H groups in total. The molecule has 31 heavy (non-hydrogen) atoms. The molecule has 0 saturated carbocycles. The Morgan fingerprint density at radius 1 is 1.16 bits per heavy atom. The van der Waals surface area contributed by atoms with Crippen LogP contribution in [0, 0.1) is 6.92 Å². The van der Waals surface area contributed by atoms with Crippen molar-refractivity contribution in [3.63, 3.8) is 0 Å². The number of anilines is 1. The monoisotopic (exact) mass is 442 g/mol. The van der Waals surface area contributed by atoms with Crippen LogP contribution in [0.5, 0.6) is 0 Å². The van der Waals surface area contributed by atoms with Crippen molar-refractivity contribution in [1.82, 2.24) is 14.9 Å². The molecule has 0 spiro atoms. The maximum atomic E-state index is 12.8. The van der Waals surface area contributed by atoms with Gasteiger partial charge in [-0.1, -0.05) is 13.3 Å². The third-order valence-corrected chi connectivity index (χ3v) is 5.88. The first-order chi connectivity index (χ1) is 14.8. The molecule has 9 nitrogen and oxygen atoms in total. The predicted octanol–water partition coefficient (Wildman–Crippen LogP) is 2.63. The Hall–Kier alpha value is -3.53. The van der Waals surface area contributed by atoms with Crippen LogP contribution >= 0.6 is 11.3 Å². The summed E-state index contributed by atoms with van der Waals surface area (Å²) in [5.41, 5.74) is 1.17. The Morgan fingerprint density at radius 3 is 2.52 bits per heavy atom. The molecule has 3 rings (SSSR count). The van der Waals surface area contributed by atoms with Crippen LogP contribution in [0.25, 0.3) is 10.2 Å². The van der Waals surface area contributed by atoms with Gasteiger partial charge in [-0.3, -0.25) is 23.7 Å². The molecule has 0 aliphatic carbocycles. The summed E-state index contributed by atoms with van der Waals surface area (Å²) >= 11 is 1.16. The van der Waals surface area contributed by atoms with Crippen molar-refractivity contribution in [3.05, 3.63) is 57.0 Å². The van der Waals surface area contributed by atoms with Crippen molar-refractivity contribution >= 4 is 45.0 Å². The number of rotatable bonds is 8. The summed E-state index contributed by atoms with van der Waals surface area (Å²) < 4.78 is 1.57. The molecule has 10 heteroatoms. The zero-order chi connectivity index (χ0) is 22.5. The number of unbranched alkanes of at least 4 members (excludes halogenated alkanes) is 1. The number of nitrogens with one attached hydrogen (secondary N) is 2. The van der Waals surface area contributed by atoms with Crippen LogP contribution in [0.2, 0.25) is 0 Å². The summed E-state index contributed by atoms with van der Waals surface area (Å²) in [5, 5.41) is 14.1. The fraction of sp³-hybridized carbons (Fsp3) is 0.286. The van der Waals surface area contributed by atoms with Crippen LogP contribution in [-0.2, 0) is 11.3 Å². The lowest BCUT2D eigenvalue weighted by Crippen LogP contribution is -2.29. The Morgan fingerprint density at radius 2 is 1.87 bits per heavy atom. The van der Waals surface area contributed by atoms with Crippen LogP contribution in [-0.4, -0.2) is 39.0 Å². The lowest BCUT2D eigenvalue weighted by atomic mass is 10.1. The quantitative estimate of drug-likeness (QED) is 0.492. The first-order valence-corrected chi connectivity index (χ1v) is 10.5. The average molecular weight is 442 g/mol. The number of carbonyl (C=O) groups excluding carboxylic acids is 2. The van der Waals surface area contributed by atoms with E-state index in [4.69, 9.17) is 5.11 Å². The van der Waals surface area contributed by atoms with E-state index in [-0.39, 0.29) is 17.0 Å². The minimum atomic E-state index is -1.14. The normalized spacial score (nSPS) is 10.8. The molecule has 0 bridgehead atoms. The van der Waals surface area contributed by atoms with Gasteiger partial charge < -0.3 is 15.7 Å². The number of aryl methyl sites for hydroxylation is 2. The zero-order valence-corrected chi connectivity index (χ0v) is 17.9. The molecule has 3 aromatic rings. The number of thiophene rings is 1. The molecule has 0 radical (unpaired) electrons. The number of hydrogen-bond acceptors (Lipinski definition) is 6. The summed E-state index contributed by atoms with van der Waals surface area (Å²) in [7, 11) is 0. The summed E-state index contributed by atoms with van der Waals surface area (Å²) in [4.78, 5) is 53.2.